The number of rotatable bonds is 2. The Labute approximate surface area is 111 Å². The van der Waals surface area contributed by atoms with Gasteiger partial charge in [0, 0.05) is 17.9 Å². The van der Waals surface area contributed by atoms with E-state index in [9.17, 15) is 5.26 Å². The molecular formula is C16H24N2. The summed E-state index contributed by atoms with van der Waals surface area (Å²) in [7, 11) is 0. The first-order chi connectivity index (χ1) is 8.28. The van der Waals surface area contributed by atoms with Crippen LogP contribution in [0.1, 0.15) is 63.1 Å². The third-order valence-corrected chi connectivity index (χ3v) is 4.50. The second-order valence-electron chi connectivity index (χ2n) is 6.58. The van der Waals surface area contributed by atoms with Crippen molar-refractivity contribution in [1.29, 1.82) is 5.26 Å². The zero-order valence-electron chi connectivity index (χ0n) is 12.5. The molecule has 1 unspecified atom stereocenters. The number of hydrogen-bond acceptors (Lipinski definition) is 1. The minimum Gasteiger partial charge on any atom is -0.349 e. The lowest BCUT2D eigenvalue weighted by Crippen LogP contribution is -2.22. The predicted molar refractivity (Wildman–Crippen MR) is 74.8 cm³/mol. The average molecular weight is 244 g/mol. The summed E-state index contributed by atoms with van der Waals surface area (Å²) in [5.74, 6) is 0. The summed E-state index contributed by atoms with van der Waals surface area (Å²) in [6.07, 6.45) is 2.08. The molecule has 1 atom stereocenters. The molecule has 0 radical (unpaired) electrons. The van der Waals surface area contributed by atoms with Crippen molar-refractivity contribution in [2.75, 3.05) is 0 Å². The SMILES string of the molecule is CCCn1c(C)c2c(c1C)C(C)(C#N)CC2(C)C. The van der Waals surface area contributed by atoms with E-state index in [2.05, 4.69) is 52.2 Å². The van der Waals surface area contributed by atoms with Crippen LogP contribution in [0.4, 0.5) is 0 Å². The zero-order chi connectivity index (χ0) is 13.7. The Morgan fingerprint density at radius 3 is 2.22 bits per heavy atom. The average Bonchev–Trinajstić information content (AvgIpc) is 2.66. The summed E-state index contributed by atoms with van der Waals surface area (Å²) in [6.45, 7) is 14.3. The molecule has 1 aliphatic rings. The molecule has 0 saturated heterocycles. The molecular weight excluding hydrogens is 220 g/mol. The third-order valence-electron chi connectivity index (χ3n) is 4.50. The largest absolute Gasteiger partial charge is 0.349 e. The number of nitrogens with zero attached hydrogens (tertiary/aromatic N) is 2. The maximum Gasteiger partial charge on any atom is 0.0822 e. The first kappa shape index (κ1) is 13.2. The standard InChI is InChI=1S/C16H24N2/c1-7-8-18-11(2)13-14(12(18)3)16(6,10-17)9-15(13,4)5/h7-9H2,1-6H3. The van der Waals surface area contributed by atoms with Crippen molar-refractivity contribution in [3.8, 4) is 6.07 Å². The molecule has 0 aliphatic heterocycles. The van der Waals surface area contributed by atoms with Crippen molar-refractivity contribution in [2.45, 2.75) is 71.8 Å². The topological polar surface area (TPSA) is 28.7 Å². The highest BCUT2D eigenvalue weighted by atomic mass is 15.0. The van der Waals surface area contributed by atoms with Crippen LogP contribution in [0.3, 0.4) is 0 Å². The fraction of sp³-hybridized carbons (Fsp3) is 0.688. The highest BCUT2D eigenvalue weighted by Crippen LogP contribution is 2.52. The van der Waals surface area contributed by atoms with E-state index >= 15 is 0 Å². The molecule has 1 heterocycles. The van der Waals surface area contributed by atoms with Crippen molar-refractivity contribution in [2.24, 2.45) is 0 Å². The third kappa shape index (κ3) is 1.53. The van der Waals surface area contributed by atoms with Gasteiger partial charge in [0.25, 0.3) is 0 Å². The zero-order valence-corrected chi connectivity index (χ0v) is 12.5. The Kier molecular flexibility index (Phi) is 2.85. The molecule has 1 aromatic rings. The molecule has 0 bridgehead atoms. The van der Waals surface area contributed by atoms with E-state index in [1.54, 1.807) is 0 Å². The molecule has 0 amide bonds. The maximum atomic E-state index is 9.60. The highest BCUT2D eigenvalue weighted by Gasteiger charge is 2.48. The van der Waals surface area contributed by atoms with Gasteiger partial charge in [-0.25, -0.2) is 0 Å². The second kappa shape index (κ2) is 3.88. The van der Waals surface area contributed by atoms with Gasteiger partial charge in [-0.15, -0.1) is 0 Å². The Morgan fingerprint density at radius 1 is 1.17 bits per heavy atom. The van der Waals surface area contributed by atoms with E-state index < -0.39 is 0 Å². The Bertz CT molecular complexity index is 528. The van der Waals surface area contributed by atoms with Crippen molar-refractivity contribution in [3.63, 3.8) is 0 Å². The summed E-state index contributed by atoms with van der Waals surface area (Å²) < 4.78 is 2.40. The number of hydrogen-bond donors (Lipinski definition) is 0. The van der Waals surface area contributed by atoms with Gasteiger partial charge in [-0.05, 0) is 50.2 Å². The van der Waals surface area contributed by atoms with Crippen LogP contribution in [-0.4, -0.2) is 4.57 Å². The summed E-state index contributed by atoms with van der Waals surface area (Å²) in [5.41, 5.74) is 5.21. The number of fused-ring (bicyclic) bond motifs is 1. The van der Waals surface area contributed by atoms with Gasteiger partial charge in [0.15, 0.2) is 0 Å². The minimum absolute atomic E-state index is 0.119. The van der Waals surface area contributed by atoms with E-state index in [0.717, 1.165) is 19.4 Å². The minimum atomic E-state index is -0.313. The predicted octanol–water partition coefficient (Wildman–Crippen LogP) is 3.98. The van der Waals surface area contributed by atoms with Crippen molar-refractivity contribution in [3.05, 3.63) is 22.5 Å². The lowest BCUT2D eigenvalue weighted by Gasteiger charge is -2.24. The van der Waals surface area contributed by atoms with Crippen LogP contribution in [0.25, 0.3) is 0 Å². The smallest absolute Gasteiger partial charge is 0.0822 e. The Morgan fingerprint density at radius 2 is 1.72 bits per heavy atom. The van der Waals surface area contributed by atoms with E-state index in [0.29, 0.717) is 0 Å². The van der Waals surface area contributed by atoms with E-state index in [4.69, 9.17) is 0 Å². The molecule has 98 valence electrons. The van der Waals surface area contributed by atoms with Crippen LogP contribution in [0.2, 0.25) is 0 Å². The monoisotopic (exact) mass is 244 g/mol. The van der Waals surface area contributed by atoms with Gasteiger partial charge in [0.05, 0.1) is 11.5 Å². The Hall–Kier alpha value is -1.23. The van der Waals surface area contributed by atoms with Gasteiger partial charge >= 0.3 is 0 Å². The number of aromatic nitrogens is 1. The first-order valence-electron chi connectivity index (χ1n) is 6.90. The van der Waals surface area contributed by atoms with Gasteiger partial charge in [-0.3, -0.25) is 0 Å². The molecule has 2 nitrogen and oxygen atoms in total. The van der Waals surface area contributed by atoms with Crippen LogP contribution < -0.4 is 0 Å². The summed E-state index contributed by atoms with van der Waals surface area (Å²) >= 11 is 0. The van der Waals surface area contributed by atoms with Crippen LogP contribution in [0.15, 0.2) is 0 Å². The fourth-order valence-corrected chi connectivity index (χ4v) is 4.10. The molecule has 1 aliphatic carbocycles. The molecule has 2 heteroatoms. The van der Waals surface area contributed by atoms with Gasteiger partial charge in [-0.1, -0.05) is 20.8 Å². The molecule has 18 heavy (non-hydrogen) atoms. The van der Waals surface area contributed by atoms with Crippen molar-refractivity contribution < 1.29 is 0 Å². The first-order valence-corrected chi connectivity index (χ1v) is 6.90. The van der Waals surface area contributed by atoms with E-state index in [1.165, 1.54) is 22.5 Å². The van der Waals surface area contributed by atoms with Crippen LogP contribution in [0, 0.1) is 25.2 Å². The molecule has 0 aromatic carbocycles. The molecule has 1 aromatic heterocycles. The summed E-state index contributed by atoms with van der Waals surface area (Å²) in [6, 6.07) is 2.56. The quantitative estimate of drug-likeness (QED) is 0.773. The van der Waals surface area contributed by atoms with Gasteiger partial charge < -0.3 is 4.57 Å². The lowest BCUT2D eigenvalue weighted by molar-refractivity contribution is 0.430. The molecule has 0 fully saturated rings. The van der Waals surface area contributed by atoms with Crippen molar-refractivity contribution in [1.82, 2.24) is 4.57 Å². The summed E-state index contributed by atoms with van der Waals surface area (Å²) in [4.78, 5) is 0. The Balaban J connectivity index is 2.75. The van der Waals surface area contributed by atoms with E-state index in [-0.39, 0.29) is 10.8 Å². The lowest BCUT2D eigenvalue weighted by atomic mass is 9.80. The van der Waals surface area contributed by atoms with Gasteiger partial charge in [0.1, 0.15) is 0 Å². The van der Waals surface area contributed by atoms with Crippen LogP contribution in [-0.2, 0) is 17.4 Å². The summed E-state index contributed by atoms with van der Waals surface area (Å²) in [5, 5.41) is 9.60. The number of nitriles is 1. The van der Waals surface area contributed by atoms with Gasteiger partial charge in [0.2, 0.25) is 0 Å². The van der Waals surface area contributed by atoms with Crippen LogP contribution >= 0.6 is 0 Å². The second-order valence-corrected chi connectivity index (χ2v) is 6.58. The molecule has 2 rings (SSSR count). The normalized spacial score (nSPS) is 24.9. The van der Waals surface area contributed by atoms with E-state index in [1.807, 2.05) is 0 Å². The molecule has 0 saturated carbocycles. The van der Waals surface area contributed by atoms with Crippen molar-refractivity contribution >= 4 is 0 Å². The highest BCUT2D eigenvalue weighted by molar-refractivity contribution is 5.54. The fourth-order valence-electron chi connectivity index (χ4n) is 4.10. The van der Waals surface area contributed by atoms with Crippen LogP contribution in [0.5, 0.6) is 0 Å². The maximum absolute atomic E-state index is 9.60. The van der Waals surface area contributed by atoms with Gasteiger partial charge in [-0.2, -0.15) is 5.26 Å². The molecule has 0 spiro atoms. The molecule has 0 N–H and O–H groups in total.